The molecule has 4 rings (SSSR count). The van der Waals surface area contributed by atoms with Gasteiger partial charge in [-0.2, -0.15) is 0 Å². The predicted octanol–water partition coefficient (Wildman–Crippen LogP) is 6.59. The molecule has 0 fully saturated rings. The summed E-state index contributed by atoms with van der Waals surface area (Å²) in [5.74, 6) is 1.33. The monoisotopic (exact) mass is 400 g/mol. The van der Waals surface area contributed by atoms with Crippen molar-refractivity contribution < 1.29 is 14.3 Å². The van der Waals surface area contributed by atoms with Crippen molar-refractivity contribution in [2.45, 2.75) is 6.42 Å². The van der Waals surface area contributed by atoms with Crippen LogP contribution in [-0.4, -0.2) is 13.1 Å². The molecule has 4 aromatic rings. The first-order valence-corrected chi connectivity index (χ1v) is 10.2. The highest BCUT2D eigenvalue weighted by Crippen LogP contribution is 2.39. The van der Waals surface area contributed by atoms with Crippen molar-refractivity contribution >= 4 is 17.3 Å². The highest BCUT2D eigenvalue weighted by molar-refractivity contribution is 7.14. The average Bonchev–Trinajstić information content (AvgIpc) is 3.19. The van der Waals surface area contributed by atoms with Gasteiger partial charge in [-0.25, -0.2) is 0 Å². The molecule has 0 atom stereocenters. The van der Waals surface area contributed by atoms with Crippen LogP contribution in [0.15, 0.2) is 90.3 Å². The van der Waals surface area contributed by atoms with E-state index >= 15 is 0 Å². The fourth-order valence-electron chi connectivity index (χ4n) is 3.18. The van der Waals surface area contributed by atoms with Gasteiger partial charge in [0.25, 0.3) is 0 Å². The van der Waals surface area contributed by atoms with Crippen LogP contribution in [0.5, 0.6) is 11.5 Å². The number of ether oxygens (including phenoxy) is 2. The highest BCUT2D eigenvalue weighted by atomic mass is 32.1. The highest BCUT2D eigenvalue weighted by Gasteiger charge is 2.18. The maximum Gasteiger partial charge on any atom is 0.310 e. The quantitative estimate of drug-likeness (QED) is 0.343. The number of carbonyl (C=O) groups is 1. The summed E-state index contributed by atoms with van der Waals surface area (Å²) in [6.07, 6.45) is 0.238. The summed E-state index contributed by atoms with van der Waals surface area (Å²) in [5.41, 5.74) is 4.21. The number of rotatable bonds is 6. The zero-order valence-corrected chi connectivity index (χ0v) is 16.8. The minimum Gasteiger partial charge on any atom is -0.469 e. The summed E-state index contributed by atoms with van der Waals surface area (Å²) >= 11 is 1.64. The van der Waals surface area contributed by atoms with Crippen LogP contribution < -0.4 is 4.74 Å². The van der Waals surface area contributed by atoms with Gasteiger partial charge in [-0.1, -0.05) is 48.5 Å². The molecule has 29 heavy (non-hydrogen) atoms. The summed E-state index contributed by atoms with van der Waals surface area (Å²) in [6.45, 7) is 0. The third kappa shape index (κ3) is 4.39. The molecule has 144 valence electrons. The lowest BCUT2D eigenvalue weighted by Gasteiger charge is -2.09. The Labute approximate surface area is 174 Å². The first-order chi connectivity index (χ1) is 14.2. The number of thiophene rings is 1. The lowest BCUT2D eigenvalue weighted by molar-refractivity contribution is -0.139. The van der Waals surface area contributed by atoms with Gasteiger partial charge in [0, 0.05) is 4.88 Å². The third-order valence-electron chi connectivity index (χ3n) is 4.62. The molecule has 0 saturated heterocycles. The molecule has 1 aromatic heterocycles. The fraction of sp³-hybridized carbons (Fsp3) is 0.0800. The number of para-hydroxylation sites is 1. The van der Waals surface area contributed by atoms with Crippen LogP contribution in [0.25, 0.3) is 21.6 Å². The van der Waals surface area contributed by atoms with Crippen LogP contribution in [0, 0.1) is 0 Å². The van der Waals surface area contributed by atoms with E-state index in [0.29, 0.717) is 0 Å². The van der Waals surface area contributed by atoms with Gasteiger partial charge in [0.1, 0.15) is 11.5 Å². The molecule has 0 bridgehead atoms. The second kappa shape index (κ2) is 8.76. The molecule has 0 amide bonds. The van der Waals surface area contributed by atoms with Gasteiger partial charge in [0.05, 0.1) is 13.5 Å². The summed E-state index contributed by atoms with van der Waals surface area (Å²) < 4.78 is 10.8. The number of methoxy groups -OCH3 is 1. The van der Waals surface area contributed by atoms with Gasteiger partial charge in [0.2, 0.25) is 0 Å². The summed E-state index contributed by atoms with van der Waals surface area (Å²) in [5, 5.41) is 2.11. The maximum atomic E-state index is 12.1. The Kier molecular flexibility index (Phi) is 5.73. The van der Waals surface area contributed by atoms with Gasteiger partial charge >= 0.3 is 5.97 Å². The van der Waals surface area contributed by atoms with Gasteiger partial charge in [-0.05, 0) is 64.0 Å². The van der Waals surface area contributed by atoms with Gasteiger partial charge in [-0.3, -0.25) is 4.79 Å². The van der Waals surface area contributed by atoms with Crippen molar-refractivity contribution in [1.82, 2.24) is 0 Å². The molecule has 1 heterocycles. The van der Waals surface area contributed by atoms with Crippen molar-refractivity contribution in [1.29, 1.82) is 0 Å². The third-order valence-corrected chi connectivity index (χ3v) is 5.69. The minimum absolute atomic E-state index is 0.238. The van der Waals surface area contributed by atoms with Crippen LogP contribution in [0.2, 0.25) is 0 Å². The Morgan fingerprint density at radius 1 is 0.793 bits per heavy atom. The van der Waals surface area contributed by atoms with Gasteiger partial charge in [-0.15, -0.1) is 11.3 Å². The molecule has 0 spiro atoms. The Morgan fingerprint density at radius 2 is 1.41 bits per heavy atom. The normalized spacial score (nSPS) is 10.5. The molecule has 0 aliphatic heterocycles. The van der Waals surface area contributed by atoms with E-state index in [9.17, 15) is 4.79 Å². The minimum atomic E-state index is -0.245. The Morgan fingerprint density at radius 3 is 2.07 bits per heavy atom. The Bertz CT molecular complexity index is 1080. The van der Waals surface area contributed by atoms with Crippen LogP contribution in [0.1, 0.15) is 5.56 Å². The molecule has 4 heteroatoms. The smallest absolute Gasteiger partial charge is 0.310 e. The van der Waals surface area contributed by atoms with Crippen LogP contribution in [-0.2, 0) is 16.0 Å². The molecule has 0 radical (unpaired) electrons. The number of benzene rings is 3. The maximum absolute atomic E-state index is 12.1. The van der Waals surface area contributed by atoms with E-state index in [4.69, 9.17) is 9.47 Å². The topological polar surface area (TPSA) is 35.5 Å². The molecule has 3 nitrogen and oxygen atoms in total. The van der Waals surface area contributed by atoms with Crippen molar-refractivity contribution in [2.75, 3.05) is 7.11 Å². The lowest BCUT2D eigenvalue weighted by Crippen LogP contribution is -2.05. The summed E-state index contributed by atoms with van der Waals surface area (Å²) in [4.78, 5) is 13.1. The molecule has 0 saturated carbocycles. The molecular formula is C25H20O3S. The standard InChI is InChI=1S/C25H20O3S/c1-27-24(26)16-22-23(18-8-4-2-5-9-18)17-29-25(22)19-12-14-21(15-13-19)28-20-10-6-3-7-11-20/h2-15,17H,16H2,1H3. The van der Waals surface area contributed by atoms with E-state index in [1.807, 2.05) is 72.8 Å². The Hall–Kier alpha value is -3.37. The van der Waals surface area contributed by atoms with Crippen LogP contribution >= 0.6 is 11.3 Å². The largest absolute Gasteiger partial charge is 0.469 e. The molecule has 3 aromatic carbocycles. The van der Waals surface area contributed by atoms with E-state index in [-0.39, 0.29) is 12.4 Å². The SMILES string of the molecule is COC(=O)Cc1c(-c2ccccc2)csc1-c1ccc(Oc2ccccc2)cc1. The zero-order valence-electron chi connectivity index (χ0n) is 16.0. The van der Waals surface area contributed by atoms with Crippen molar-refractivity contribution in [3.05, 3.63) is 95.9 Å². The van der Waals surface area contributed by atoms with E-state index in [0.717, 1.165) is 38.6 Å². The van der Waals surface area contributed by atoms with Crippen LogP contribution in [0.3, 0.4) is 0 Å². The second-order valence-electron chi connectivity index (χ2n) is 6.52. The number of hydrogen-bond acceptors (Lipinski definition) is 4. The molecule has 0 aliphatic rings. The Balaban J connectivity index is 1.67. The van der Waals surface area contributed by atoms with E-state index in [2.05, 4.69) is 17.5 Å². The fourth-order valence-corrected chi connectivity index (χ4v) is 4.29. The zero-order chi connectivity index (χ0) is 20.1. The second-order valence-corrected chi connectivity index (χ2v) is 7.40. The predicted molar refractivity (Wildman–Crippen MR) is 117 cm³/mol. The van der Waals surface area contributed by atoms with Gasteiger partial charge in [0.15, 0.2) is 0 Å². The number of hydrogen-bond donors (Lipinski definition) is 0. The first-order valence-electron chi connectivity index (χ1n) is 9.30. The van der Waals surface area contributed by atoms with Crippen molar-refractivity contribution in [2.24, 2.45) is 0 Å². The molecular weight excluding hydrogens is 380 g/mol. The lowest BCUT2D eigenvalue weighted by atomic mass is 9.98. The van der Waals surface area contributed by atoms with Gasteiger partial charge < -0.3 is 9.47 Å². The molecule has 0 N–H and O–H groups in total. The summed E-state index contributed by atoms with van der Waals surface area (Å²) in [7, 11) is 1.42. The van der Waals surface area contributed by atoms with Crippen molar-refractivity contribution in [3.8, 4) is 33.1 Å². The van der Waals surface area contributed by atoms with E-state index in [1.54, 1.807) is 11.3 Å². The van der Waals surface area contributed by atoms with Crippen molar-refractivity contribution in [3.63, 3.8) is 0 Å². The molecule has 0 aliphatic carbocycles. The van der Waals surface area contributed by atoms with Crippen LogP contribution in [0.4, 0.5) is 0 Å². The molecule has 0 unspecified atom stereocenters. The average molecular weight is 400 g/mol. The number of carbonyl (C=O) groups excluding carboxylic acids is 1. The van der Waals surface area contributed by atoms with E-state index in [1.165, 1.54) is 7.11 Å². The number of esters is 1. The first kappa shape index (κ1) is 19.0. The van der Waals surface area contributed by atoms with E-state index < -0.39 is 0 Å². The summed E-state index contributed by atoms with van der Waals surface area (Å²) in [6, 6.07) is 27.8.